The van der Waals surface area contributed by atoms with Crippen molar-refractivity contribution in [2.75, 3.05) is 6.26 Å². The number of nitrogens with two attached hydrogens (primary N) is 1. The van der Waals surface area contributed by atoms with Crippen LogP contribution in [0.3, 0.4) is 0 Å². The summed E-state index contributed by atoms with van der Waals surface area (Å²) in [5.41, 5.74) is 4.90. The van der Waals surface area contributed by atoms with Crippen LogP contribution in [-0.2, 0) is 24.4 Å². The summed E-state index contributed by atoms with van der Waals surface area (Å²) in [5.74, 6) is -3.14. The first kappa shape index (κ1) is 19.3. The molecule has 0 spiro atoms. The van der Waals surface area contributed by atoms with Gasteiger partial charge in [-0.1, -0.05) is 13.8 Å². The predicted molar refractivity (Wildman–Crippen MR) is 74.6 cm³/mol. The maximum absolute atomic E-state index is 12.0. The standard InChI is InChI=1S/C11H21N3O6S/c1-6(2)4-7(14-21(3,19)20)10(16)13-8(11(17)18)5-9(12)15/h6-8,14H,4-5H2,1-3H3,(H2,12,15)(H,13,16)(H,17,18)/t7?,8-/m0/s1. The van der Waals surface area contributed by atoms with E-state index in [2.05, 4.69) is 10.0 Å². The van der Waals surface area contributed by atoms with Crippen molar-refractivity contribution in [1.82, 2.24) is 10.0 Å². The highest BCUT2D eigenvalue weighted by atomic mass is 32.2. The monoisotopic (exact) mass is 323 g/mol. The normalized spacial score (nSPS) is 14.5. The molecule has 21 heavy (non-hydrogen) atoms. The van der Waals surface area contributed by atoms with E-state index >= 15 is 0 Å². The number of primary amides is 1. The first-order valence-electron chi connectivity index (χ1n) is 6.21. The first-order chi connectivity index (χ1) is 9.42. The molecule has 0 saturated carbocycles. The van der Waals surface area contributed by atoms with Gasteiger partial charge in [-0.2, -0.15) is 0 Å². The van der Waals surface area contributed by atoms with Gasteiger partial charge in [-0.05, 0) is 12.3 Å². The third-order valence-electron chi connectivity index (χ3n) is 2.40. The Labute approximate surface area is 123 Å². The van der Waals surface area contributed by atoms with E-state index in [1.807, 2.05) is 0 Å². The summed E-state index contributed by atoms with van der Waals surface area (Å²) in [5, 5.41) is 11.0. The minimum atomic E-state index is -3.64. The van der Waals surface area contributed by atoms with Gasteiger partial charge in [0, 0.05) is 0 Å². The Hall–Kier alpha value is -1.68. The average Bonchev–Trinajstić information content (AvgIpc) is 2.23. The molecule has 2 amide bonds. The van der Waals surface area contributed by atoms with E-state index in [0.29, 0.717) is 0 Å². The van der Waals surface area contributed by atoms with Gasteiger partial charge in [0.25, 0.3) is 0 Å². The molecule has 1 unspecified atom stereocenters. The smallest absolute Gasteiger partial charge is 0.326 e. The Kier molecular flexibility index (Phi) is 7.30. The van der Waals surface area contributed by atoms with Crippen LogP contribution in [0.2, 0.25) is 0 Å². The molecule has 0 aromatic heterocycles. The van der Waals surface area contributed by atoms with E-state index in [9.17, 15) is 22.8 Å². The second-order valence-corrected chi connectivity index (χ2v) is 6.92. The van der Waals surface area contributed by atoms with Crippen molar-refractivity contribution in [3.8, 4) is 0 Å². The average molecular weight is 323 g/mol. The molecule has 0 bridgehead atoms. The SMILES string of the molecule is CC(C)CC(NS(C)(=O)=O)C(=O)N[C@@H](CC(N)=O)C(=O)O. The number of sulfonamides is 1. The number of aliphatic carboxylic acids is 1. The number of nitrogens with one attached hydrogen (secondary N) is 2. The Morgan fingerprint density at radius 2 is 1.71 bits per heavy atom. The van der Waals surface area contributed by atoms with E-state index < -0.39 is 46.3 Å². The quantitative estimate of drug-likeness (QED) is 0.400. The van der Waals surface area contributed by atoms with Crippen molar-refractivity contribution in [3.63, 3.8) is 0 Å². The second kappa shape index (κ2) is 7.93. The zero-order valence-electron chi connectivity index (χ0n) is 12.1. The molecule has 122 valence electrons. The molecule has 0 rings (SSSR count). The van der Waals surface area contributed by atoms with Gasteiger partial charge >= 0.3 is 5.97 Å². The highest BCUT2D eigenvalue weighted by Gasteiger charge is 2.28. The van der Waals surface area contributed by atoms with Crippen LogP contribution in [0.15, 0.2) is 0 Å². The fraction of sp³-hybridized carbons (Fsp3) is 0.727. The van der Waals surface area contributed by atoms with E-state index in [1.54, 1.807) is 13.8 Å². The van der Waals surface area contributed by atoms with Crippen LogP contribution in [0.4, 0.5) is 0 Å². The Morgan fingerprint density at radius 3 is 2.05 bits per heavy atom. The summed E-state index contributed by atoms with van der Waals surface area (Å²) in [6, 6.07) is -2.61. The Morgan fingerprint density at radius 1 is 1.19 bits per heavy atom. The fourth-order valence-electron chi connectivity index (χ4n) is 1.61. The minimum absolute atomic E-state index is 0.00517. The molecule has 0 heterocycles. The number of amides is 2. The van der Waals surface area contributed by atoms with Crippen molar-refractivity contribution < 1.29 is 27.9 Å². The highest BCUT2D eigenvalue weighted by molar-refractivity contribution is 7.88. The largest absolute Gasteiger partial charge is 0.480 e. The molecule has 0 aliphatic rings. The van der Waals surface area contributed by atoms with Crippen LogP contribution in [-0.4, -0.2) is 49.6 Å². The van der Waals surface area contributed by atoms with E-state index in [0.717, 1.165) is 6.26 Å². The summed E-state index contributed by atoms with van der Waals surface area (Å²) in [6.07, 6.45) is 0.502. The van der Waals surface area contributed by atoms with Gasteiger partial charge in [0.2, 0.25) is 21.8 Å². The number of hydrogen-bond donors (Lipinski definition) is 4. The highest BCUT2D eigenvalue weighted by Crippen LogP contribution is 2.07. The van der Waals surface area contributed by atoms with Gasteiger partial charge in [-0.25, -0.2) is 17.9 Å². The molecule has 0 fully saturated rings. The van der Waals surface area contributed by atoms with Crippen LogP contribution in [0.5, 0.6) is 0 Å². The maximum Gasteiger partial charge on any atom is 0.326 e. The topological polar surface area (TPSA) is 156 Å². The van der Waals surface area contributed by atoms with Crippen molar-refractivity contribution in [1.29, 1.82) is 0 Å². The number of hydrogen-bond acceptors (Lipinski definition) is 5. The number of carboxylic acids is 1. The molecule has 0 aliphatic carbocycles. The van der Waals surface area contributed by atoms with Crippen LogP contribution in [0.25, 0.3) is 0 Å². The molecule has 0 radical (unpaired) electrons. The molecular formula is C11H21N3O6S. The van der Waals surface area contributed by atoms with Crippen molar-refractivity contribution in [2.24, 2.45) is 11.7 Å². The molecule has 10 heteroatoms. The lowest BCUT2D eigenvalue weighted by atomic mass is 10.0. The van der Waals surface area contributed by atoms with Gasteiger partial charge in [0.15, 0.2) is 0 Å². The Bertz CT molecular complexity index is 502. The van der Waals surface area contributed by atoms with Crippen molar-refractivity contribution in [2.45, 2.75) is 38.8 Å². The lowest BCUT2D eigenvalue weighted by molar-refractivity contribution is -0.143. The second-order valence-electron chi connectivity index (χ2n) is 5.14. The fourth-order valence-corrected chi connectivity index (χ4v) is 2.33. The third-order valence-corrected chi connectivity index (χ3v) is 3.11. The summed E-state index contributed by atoms with van der Waals surface area (Å²) in [4.78, 5) is 33.7. The summed E-state index contributed by atoms with van der Waals surface area (Å²) in [7, 11) is -3.64. The van der Waals surface area contributed by atoms with Crippen LogP contribution < -0.4 is 15.8 Å². The maximum atomic E-state index is 12.0. The summed E-state index contributed by atoms with van der Waals surface area (Å²) < 4.78 is 24.6. The summed E-state index contributed by atoms with van der Waals surface area (Å²) >= 11 is 0. The zero-order valence-corrected chi connectivity index (χ0v) is 12.9. The lowest BCUT2D eigenvalue weighted by Gasteiger charge is -2.21. The zero-order chi connectivity index (χ0) is 16.8. The molecule has 0 aliphatic heterocycles. The van der Waals surface area contributed by atoms with Gasteiger partial charge < -0.3 is 16.2 Å². The van der Waals surface area contributed by atoms with Gasteiger partial charge in [0.1, 0.15) is 12.1 Å². The third kappa shape index (κ3) is 8.97. The van der Waals surface area contributed by atoms with Crippen molar-refractivity contribution in [3.05, 3.63) is 0 Å². The molecule has 0 saturated heterocycles. The molecule has 5 N–H and O–H groups in total. The molecule has 0 aromatic rings. The number of carboxylic acid groups (broad SMARTS) is 1. The van der Waals surface area contributed by atoms with E-state index in [-0.39, 0.29) is 12.3 Å². The van der Waals surface area contributed by atoms with E-state index in [4.69, 9.17) is 10.8 Å². The number of rotatable bonds is 9. The minimum Gasteiger partial charge on any atom is -0.480 e. The van der Waals surface area contributed by atoms with Gasteiger partial charge in [0.05, 0.1) is 12.7 Å². The summed E-state index contributed by atoms with van der Waals surface area (Å²) in [6.45, 7) is 3.56. The van der Waals surface area contributed by atoms with Crippen LogP contribution >= 0.6 is 0 Å². The van der Waals surface area contributed by atoms with Crippen LogP contribution in [0, 0.1) is 5.92 Å². The van der Waals surface area contributed by atoms with Crippen molar-refractivity contribution >= 4 is 27.8 Å². The molecular weight excluding hydrogens is 302 g/mol. The van der Waals surface area contributed by atoms with Gasteiger partial charge in [-0.15, -0.1) is 0 Å². The molecule has 9 nitrogen and oxygen atoms in total. The Balaban J connectivity index is 5.00. The predicted octanol–water partition coefficient (Wildman–Crippen LogP) is -1.60. The molecule has 2 atom stereocenters. The van der Waals surface area contributed by atoms with Gasteiger partial charge in [-0.3, -0.25) is 9.59 Å². The molecule has 0 aromatic carbocycles. The van der Waals surface area contributed by atoms with E-state index in [1.165, 1.54) is 0 Å². The number of carbonyl (C=O) groups excluding carboxylic acids is 2. The van der Waals surface area contributed by atoms with Crippen LogP contribution in [0.1, 0.15) is 26.7 Å². The lowest BCUT2D eigenvalue weighted by Crippen LogP contribution is -2.52. The number of carbonyl (C=O) groups is 3. The first-order valence-corrected chi connectivity index (χ1v) is 8.10.